The minimum absolute atomic E-state index is 0.184. The van der Waals surface area contributed by atoms with Crippen molar-refractivity contribution < 1.29 is 14.6 Å². The fraction of sp³-hybridized carbons (Fsp3) is 0.389. The number of aliphatic imine (C=N–C) groups is 1. The molecule has 1 aliphatic heterocycles. The van der Waals surface area contributed by atoms with Crippen molar-refractivity contribution in [3.8, 4) is 11.5 Å². The molecule has 1 aromatic carbocycles. The maximum atomic E-state index is 10.6. The highest BCUT2D eigenvalue weighted by Gasteiger charge is 2.24. The Labute approximate surface area is 161 Å². The lowest BCUT2D eigenvalue weighted by Crippen LogP contribution is -2.44. The van der Waals surface area contributed by atoms with Crippen LogP contribution in [-0.4, -0.2) is 30.9 Å². The smallest absolute Gasteiger partial charge is 0.231 e. The predicted octanol–water partition coefficient (Wildman–Crippen LogP) is 3.09. The van der Waals surface area contributed by atoms with Gasteiger partial charge in [-0.3, -0.25) is 0 Å². The van der Waals surface area contributed by atoms with Gasteiger partial charge in [-0.25, -0.2) is 4.99 Å². The molecule has 0 fully saturated rings. The Morgan fingerprint density at radius 3 is 2.96 bits per heavy atom. The first kappa shape index (κ1) is 18.8. The third-order valence-electron chi connectivity index (χ3n) is 3.90. The summed E-state index contributed by atoms with van der Waals surface area (Å²) in [6, 6.07) is 7.55. The monoisotopic (exact) mass is 395 g/mol. The van der Waals surface area contributed by atoms with Crippen LogP contribution >= 0.6 is 22.9 Å². The van der Waals surface area contributed by atoms with E-state index in [4.69, 9.17) is 21.1 Å². The van der Waals surface area contributed by atoms with Crippen LogP contribution in [0.25, 0.3) is 0 Å². The van der Waals surface area contributed by atoms with Crippen LogP contribution in [0, 0.1) is 0 Å². The van der Waals surface area contributed by atoms with E-state index in [9.17, 15) is 5.11 Å². The van der Waals surface area contributed by atoms with Crippen LogP contribution in [0.3, 0.4) is 0 Å². The lowest BCUT2D eigenvalue weighted by atomic mass is 10.1. The number of ether oxygens (including phenoxy) is 2. The van der Waals surface area contributed by atoms with Crippen LogP contribution in [-0.2, 0) is 12.1 Å². The molecule has 0 bridgehead atoms. The van der Waals surface area contributed by atoms with E-state index in [1.165, 1.54) is 11.3 Å². The Hall–Kier alpha value is -1.96. The number of halogens is 1. The highest BCUT2D eigenvalue weighted by molar-refractivity contribution is 7.10. The molecule has 0 amide bonds. The summed E-state index contributed by atoms with van der Waals surface area (Å²) in [5, 5.41) is 19.5. The van der Waals surface area contributed by atoms with E-state index in [-0.39, 0.29) is 6.79 Å². The van der Waals surface area contributed by atoms with E-state index in [1.807, 2.05) is 36.6 Å². The Balaban J connectivity index is 1.67. The number of thiophene rings is 1. The molecule has 2 aromatic rings. The summed E-state index contributed by atoms with van der Waals surface area (Å²) < 4.78 is 10.7. The van der Waals surface area contributed by atoms with E-state index < -0.39 is 5.60 Å². The van der Waals surface area contributed by atoms with Crippen molar-refractivity contribution in [2.45, 2.75) is 26.0 Å². The van der Waals surface area contributed by atoms with E-state index >= 15 is 0 Å². The Bertz CT molecular complexity index is 778. The molecule has 1 atom stereocenters. The lowest BCUT2D eigenvalue weighted by molar-refractivity contribution is 0.0655. The zero-order valence-corrected chi connectivity index (χ0v) is 16.3. The standard InChI is InChI=1S/C18H22ClN3O3S/c1-3-20-17(22-10-18(2,23)15-5-4-6-26-15)21-9-12-7-13(19)16-14(8-12)24-11-25-16/h4-8,23H,3,9-11H2,1-2H3,(H2,20,21,22). The molecule has 26 heavy (non-hydrogen) atoms. The molecule has 140 valence electrons. The molecular formula is C18H22ClN3O3S. The number of rotatable bonds is 6. The van der Waals surface area contributed by atoms with Gasteiger partial charge < -0.3 is 25.2 Å². The molecule has 0 saturated heterocycles. The summed E-state index contributed by atoms with van der Waals surface area (Å²) in [6.07, 6.45) is 0. The van der Waals surface area contributed by atoms with Crippen molar-refractivity contribution in [2.75, 3.05) is 19.9 Å². The van der Waals surface area contributed by atoms with Crippen molar-refractivity contribution in [3.63, 3.8) is 0 Å². The third-order valence-corrected chi connectivity index (χ3v) is 5.31. The molecule has 1 aromatic heterocycles. The summed E-state index contributed by atoms with van der Waals surface area (Å²) >= 11 is 7.74. The number of aliphatic hydroxyl groups is 1. The second kappa shape index (κ2) is 8.16. The Morgan fingerprint density at radius 1 is 1.38 bits per heavy atom. The normalized spacial score (nSPS) is 15.6. The molecule has 6 nitrogen and oxygen atoms in total. The molecule has 0 radical (unpaired) electrons. The maximum Gasteiger partial charge on any atom is 0.231 e. The molecule has 2 heterocycles. The largest absolute Gasteiger partial charge is 0.454 e. The number of benzene rings is 1. The molecule has 8 heteroatoms. The number of hydrogen-bond acceptors (Lipinski definition) is 5. The molecule has 3 N–H and O–H groups in total. The third kappa shape index (κ3) is 4.41. The van der Waals surface area contributed by atoms with Crippen LogP contribution in [0.2, 0.25) is 5.02 Å². The van der Waals surface area contributed by atoms with Gasteiger partial charge in [-0.15, -0.1) is 11.3 Å². The number of nitrogens with one attached hydrogen (secondary N) is 2. The fourth-order valence-corrected chi connectivity index (χ4v) is 3.63. The van der Waals surface area contributed by atoms with E-state index in [0.29, 0.717) is 35.6 Å². The van der Waals surface area contributed by atoms with Gasteiger partial charge >= 0.3 is 0 Å². The van der Waals surface area contributed by atoms with Gasteiger partial charge in [0.25, 0.3) is 0 Å². The highest BCUT2D eigenvalue weighted by atomic mass is 35.5. The molecule has 1 unspecified atom stereocenters. The Kier molecular flexibility index (Phi) is 5.90. The van der Waals surface area contributed by atoms with E-state index in [1.54, 1.807) is 6.92 Å². The number of fused-ring (bicyclic) bond motifs is 1. The molecule has 0 aliphatic carbocycles. The van der Waals surface area contributed by atoms with Gasteiger partial charge in [0.2, 0.25) is 6.79 Å². The minimum Gasteiger partial charge on any atom is -0.454 e. The average Bonchev–Trinajstić information content (AvgIpc) is 3.29. The summed E-state index contributed by atoms with van der Waals surface area (Å²) in [6.45, 7) is 5.45. The first-order valence-electron chi connectivity index (χ1n) is 8.36. The Morgan fingerprint density at radius 2 is 2.23 bits per heavy atom. The zero-order valence-electron chi connectivity index (χ0n) is 14.7. The summed E-state index contributed by atoms with van der Waals surface area (Å²) in [4.78, 5) is 5.47. The average molecular weight is 396 g/mol. The van der Waals surface area contributed by atoms with Crippen LogP contribution in [0.5, 0.6) is 11.5 Å². The van der Waals surface area contributed by atoms with Gasteiger partial charge in [0, 0.05) is 11.4 Å². The first-order chi connectivity index (χ1) is 12.5. The molecule has 1 aliphatic rings. The molecule has 0 saturated carbocycles. The van der Waals surface area contributed by atoms with Crippen molar-refractivity contribution >= 4 is 28.9 Å². The predicted molar refractivity (Wildman–Crippen MR) is 104 cm³/mol. The molecule has 0 spiro atoms. The van der Waals surface area contributed by atoms with Gasteiger partial charge in [0.1, 0.15) is 5.60 Å². The highest BCUT2D eigenvalue weighted by Crippen LogP contribution is 2.39. The summed E-state index contributed by atoms with van der Waals surface area (Å²) in [7, 11) is 0. The zero-order chi connectivity index (χ0) is 18.6. The van der Waals surface area contributed by atoms with E-state index in [0.717, 1.165) is 17.0 Å². The second-order valence-corrected chi connectivity index (χ2v) is 7.47. The minimum atomic E-state index is -0.966. The van der Waals surface area contributed by atoms with Crippen molar-refractivity contribution in [3.05, 3.63) is 45.1 Å². The van der Waals surface area contributed by atoms with Gasteiger partial charge in [-0.2, -0.15) is 0 Å². The maximum absolute atomic E-state index is 10.6. The van der Waals surface area contributed by atoms with Gasteiger partial charge in [0.05, 0.1) is 18.1 Å². The summed E-state index contributed by atoms with van der Waals surface area (Å²) in [5.41, 5.74) is -0.0478. The quantitative estimate of drug-likeness (QED) is 0.517. The fourth-order valence-electron chi connectivity index (χ4n) is 2.55. The number of guanidine groups is 1. The van der Waals surface area contributed by atoms with Crippen LogP contribution < -0.4 is 20.1 Å². The summed E-state index contributed by atoms with van der Waals surface area (Å²) in [5.74, 6) is 1.84. The van der Waals surface area contributed by atoms with Gasteiger partial charge in [0.15, 0.2) is 17.5 Å². The molecule has 3 rings (SSSR count). The first-order valence-corrected chi connectivity index (χ1v) is 9.62. The number of nitrogens with zero attached hydrogens (tertiary/aromatic N) is 1. The van der Waals surface area contributed by atoms with Crippen LogP contribution in [0.4, 0.5) is 0 Å². The van der Waals surface area contributed by atoms with Crippen molar-refractivity contribution in [2.24, 2.45) is 4.99 Å². The van der Waals surface area contributed by atoms with E-state index in [2.05, 4.69) is 15.6 Å². The van der Waals surface area contributed by atoms with Crippen LogP contribution in [0.1, 0.15) is 24.3 Å². The number of hydrogen-bond donors (Lipinski definition) is 3. The van der Waals surface area contributed by atoms with Gasteiger partial charge in [-0.05, 0) is 43.0 Å². The van der Waals surface area contributed by atoms with Gasteiger partial charge in [-0.1, -0.05) is 17.7 Å². The van der Waals surface area contributed by atoms with Crippen molar-refractivity contribution in [1.82, 2.24) is 10.6 Å². The van der Waals surface area contributed by atoms with Crippen LogP contribution in [0.15, 0.2) is 34.6 Å². The van der Waals surface area contributed by atoms with Crippen molar-refractivity contribution in [1.29, 1.82) is 0 Å². The lowest BCUT2D eigenvalue weighted by Gasteiger charge is -2.23. The SMILES string of the molecule is CCNC(=NCc1cc(Cl)c2c(c1)OCO2)NCC(C)(O)c1cccs1. The molecular weight excluding hydrogens is 374 g/mol. The second-order valence-electron chi connectivity index (χ2n) is 6.11. The topological polar surface area (TPSA) is 75.1 Å².